The lowest BCUT2D eigenvalue weighted by Crippen LogP contribution is -2.42. The Balaban J connectivity index is 3.47. The molecule has 0 aliphatic carbocycles. The summed E-state index contributed by atoms with van der Waals surface area (Å²) in [4.78, 5) is 13.1. The van der Waals surface area contributed by atoms with Crippen LogP contribution in [0.4, 0.5) is 0 Å². The summed E-state index contributed by atoms with van der Waals surface area (Å²) in [7, 11) is 0. The van der Waals surface area contributed by atoms with Crippen molar-refractivity contribution in [3.8, 4) is 0 Å². The number of carbonyl (C=O) groups is 1. The Morgan fingerprint density at radius 2 is 0.929 bits per heavy atom. The molecule has 0 fully saturated rings. The topological polar surface area (TPSA) is 101 Å². The maximum atomic E-state index is 12.0. The average Bonchev–Trinajstić information content (AvgIpc) is 2.63. The van der Waals surface area contributed by atoms with E-state index < -0.39 is 12.6 Å². The van der Waals surface area contributed by atoms with Crippen LogP contribution in [0.3, 0.4) is 0 Å². The summed E-state index contributed by atoms with van der Waals surface area (Å²) in [5, 5.41) is 35.9. The maximum absolute atomic E-state index is 12.0. The molecule has 0 aromatic carbocycles. The SMILES string of the molecule is CCCCCCCCCCCCCCCCCC(=O)N(CC(O)O)CC(O)O. The minimum atomic E-state index is -1.66. The molecule has 1 amide bonds. The van der Waals surface area contributed by atoms with Crippen LogP contribution in [0.5, 0.6) is 0 Å². The molecule has 6 heteroatoms. The molecule has 0 radical (unpaired) electrons. The number of unbranched alkanes of at least 4 members (excludes halogenated alkanes) is 14. The first-order chi connectivity index (χ1) is 13.5. The van der Waals surface area contributed by atoms with Gasteiger partial charge in [-0.25, -0.2) is 0 Å². The highest BCUT2D eigenvalue weighted by Gasteiger charge is 2.18. The maximum Gasteiger partial charge on any atom is 0.222 e. The lowest BCUT2D eigenvalue weighted by Gasteiger charge is -2.24. The molecule has 0 aliphatic heterocycles. The first-order valence-electron chi connectivity index (χ1n) is 11.5. The van der Waals surface area contributed by atoms with Crippen molar-refractivity contribution in [3.63, 3.8) is 0 Å². The van der Waals surface area contributed by atoms with Gasteiger partial charge in [0.25, 0.3) is 0 Å². The van der Waals surface area contributed by atoms with Crippen molar-refractivity contribution in [2.75, 3.05) is 13.1 Å². The standard InChI is InChI=1S/C22H45NO5/c1-2-3-4-5-6-7-8-9-10-11-12-13-14-15-16-17-20(24)23(18-21(25)26)19-22(27)28/h21-22,25-28H,2-19H2,1H3. The summed E-state index contributed by atoms with van der Waals surface area (Å²) in [5.74, 6) is -0.268. The largest absolute Gasteiger partial charge is 0.367 e. The lowest BCUT2D eigenvalue weighted by molar-refractivity contribution is -0.146. The molecule has 0 unspecified atom stereocenters. The number of aliphatic hydroxyl groups is 4. The van der Waals surface area contributed by atoms with E-state index in [1.165, 1.54) is 77.0 Å². The number of rotatable bonds is 20. The van der Waals surface area contributed by atoms with Crippen LogP contribution in [0.1, 0.15) is 110 Å². The van der Waals surface area contributed by atoms with Gasteiger partial charge in [-0.05, 0) is 6.42 Å². The van der Waals surface area contributed by atoms with E-state index in [0.29, 0.717) is 6.42 Å². The van der Waals surface area contributed by atoms with E-state index in [4.69, 9.17) is 20.4 Å². The lowest BCUT2D eigenvalue weighted by atomic mass is 10.0. The molecule has 0 rings (SSSR count). The van der Waals surface area contributed by atoms with Crippen LogP contribution in [0.25, 0.3) is 0 Å². The monoisotopic (exact) mass is 403 g/mol. The minimum absolute atomic E-state index is 0.268. The van der Waals surface area contributed by atoms with E-state index in [9.17, 15) is 4.79 Å². The van der Waals surface area contributed by atoms with Gasteiger partial charge in [0.2, 0.25) is 5.91 Å². The summed E-state index contributed by atoms with van der Waals surface area (Å²) in [6, 6.07) is 0. The zero-order valence-electron chi connectivity index (χ0n) is 18.0. The summed E-state index contributed by atoms with van der Waals surface area (Å²) >= 11 is 0. The van der Waals surface area contributed by atoms with Gasteiger partial charge in [0.05, 0.1) is 13.1 Å². The van der Waals surface area contributed by atoms with Gasteiger partial charge in [0.15, 0.2) is 12.6 Å². The van der Waals surface area contributed by atoms with Crippen molar-refractivity contribution < 1.29 is 25.2 Å². The Morgan fingerprint density at radius 3 is 1.25 bits per heavy atom. The molecule has 28 heavy (non-hydrogen) atoms. The highest BCUT2D eigenvalue weighted by Crippen LogP contribution is 2.14. The molecule has 0 saturated heterocycles. The van der Waals surface area contributed by atoms with Crippen molar-refractivity contribution in [2.45, 2.75) is 122 Å². The Hall–Kier alpha value is -0.690. The van der Waals surface area contributed by atoms with Crippen LogP contribution >= 0.6 is 0 Å². The Labute approximate surface area is 172 Å². The van der Waals surface area contributed by atoms with Gasteiger partial charge in [-0.2, -0.15) is 0 Å². The van der Waals surface area contributed by atoms with Crippen LogP contribution in [0.15, 0.2) is 0 Å². The van der Waals surface area contributed by atoms with E-state index >= 15 is 0 Å². The molecule has 0 spiro atoms. The normalized spacial score (nSPS) is 11.5. The second-order valence-corrected chi connectivity index (χ2v) is 7.96. The molecule has 6 nitrogen and oxygen atoms in total. The highest BCUT2D eigenvalue weighted by atomic mass is 16.5. The molecule has 0 heterocycles. The summed E-state index contributed by atoms with van der Waals surface area (Å²) in [6.45, 7) is 1.66. The van der Waals surface area contributed by atoms with Crippen LogP contribution in [0, 0.1) is 0 Å². The quantitative estimate of drug-likeness (QED) is 0.183. The molecule has 0 saturated carbocycles. The molecular formula is C22H45NO5. The van der Waals surface area contributed by atoms with Crippen molar-refractivity contribution in [3.05, 3.63) is 0 Å². The molecule has 168 valence electrons. The van der Waals surface area contributed by atoms with Gasteiger partial charge in [0, 0.05) is 6.42 Å². The molecule has 0 aromatic heterocycles. The minimum Gasteiger partial charge on any atom is -0.367 e. The third-order valence-electron chi connectivity index (χ3n) is 5.11. The fourth-order valence-corrected chi connectivity index (χ4v) is 3.48. The predicted octanol–water partition coefficient (Wildman–Crippen LogP) is 3.70. The second-order valence-electron chi connectivity index (χ2n) is 7.96. The first-order valence-corrected chi connectivity index (χ1v) is 11.5. The van der Waals surface area contributed by atoms with Crippen LogP contribution in [-0.4, -0.2) is 56.9 Å². The Morgan fingerprint density at radius 1 is 0.607 bits per heavy atom. The fourth-order valence-electron chi connectivity index (χ4n) is 3.48. The Kier molecular flexibility index (Phi) is 19.1. The van der Waals surface area contributed by atoms with Gasteiger partial charge in [-0.3, -0.25) is 4.79 Å². The summed E-state index contributed by atoms with van der Waals surface area (Å²) < 4.78 is 0. The molecule has 0 aromatic rings. The number of aliphatic hydroxyl groups excluding tert-OH is 2. The summed E-state index contributed by atoms with van der Waals surface area (Å²) in [6.07, 6.45) is 15.9. The van der Waals surface area contributed by atoms with E-state index in [0.717, 1.165) is 24.2 Å². The molecular weight excluding hydrogens is 358 g/mol. The van der Waals surface area contributed by atoms with Crippen molar-refractivity contribution in [1.29, 1.82) is 0 Å². The third kappa shape index (κ3) is 18.7. The van der Waals surface area contributed by atoms with E-state index in [2.05, 4.69) is 6.92 Å². The number of hydrogen-bond acceptors (Lipinski definition) is 5. The van der Waals surface area contributed by atoms with Crippen molar-refractivity contribution in [2.24, 2.45) is 0 Å². The van der Waals surface area contributed by atoms with E-state index in [1.807, 2.05) is 0 Å². The third-order valence-corrected chi connectivity index (χ3v) is 5.11. The highest BCUT2D eigenvalue weighted by molar-refractivity contribution is 5.76. The smallest absolute Gasteiger partial charge is 0.222 e. The zero-order chi connectivity index (χ0) is 21.0. The van der Waals surface area contributed by atoms with E-state index in [-0.39, 0.29) is 19.0 Å². The van der Waals surface area contributed by atoms with Crippen LogP contribution in [0.2, 0.25) is 0 Å². The number of hydrogen-bond donors (Lipinski definition) is 4. The molecule has 0 bridgehead atoms. The number of carbonyl (C=O) groups excluding carboxylic acids is 1. The van der Waals surface area contributed by atoms with E-state index in [1.54, 1.807) is 0 Å². The number of amides is 1. The number of nitrogens with zero attached hydrogens (tertiary/aromatic N) is 1. The predicted molar refractivity (Wildman–Crippen MR) is 113 cm³/mol. The van der Waals surface area contributed by atoms with Crippen LogP contribution in [-0.2, 0) is 4.79 Å². The zero-order valence-corrected chi connectivity index (χ0v) is 18.0. The van der Waals surface area contributed by atoms with Gasteiger partial charge in [-0.1, -0.05) is 96.8 Å². The van der Waals surface area contributed by atoms with Gasteiger partial charge >= 0.3 is 0 Å². The van der Waals surface area contributed by atoms with Gasteiger partial charge < -0.3 is 25.3 Å². The van der Waals surface area contributed by atoms with Crippen molar-refractivity contribution in [1.82, 2.24) is 4.90 Å². The van der Waals surface area contributed by atoms with Crippen LogP contribution < -0.4 is 0 Å². The van der Waals surface area contributed by atoms with Crippen molar-refractivity contribution >= 4 is 5.91 Å². The molecule has 0 aliphatic rings. The molecule has 4 N–H and O–H groups in total. The molecule has 0 atom stereocenters. The fraction of sp³-hybridized carbons (Fsp3) is 0.955. The Bertz CT molecular complexity index is 340. The summed E-state index contributed by atoms with van der Waals surface area (Å²) in [5.41, 5.74) is 0. The second kappa shape index (κ2) is 19.6. The van der Waals surface area contributed by atoms with Gasteiger partial charge in [0.1, 0.15) is 0 Å². The average molecular weight is 404 g/mol. The first kappa shape index (κ1) is 27.3. The van der Waals surface area contributed by atoms with Gasteiger partial charge in [-0.15, -0.1) is 0 Å².